The summed E-state index contributed by atoms with van der Waals surface area (Å²) in [4.78, 5) is 0. The molecule has 4 heteroatoms. The van der Waals surface area contributed by atoms with E-state index >= 15 is 0 Å². The Morgan fingerprint density at radius 2 is 2.00 bits per heavy atom. The van der Waals surface area contributed by atoms with Crippen LogP contribution in [0.1, 0.15) is 13.3 Å². The molecule has 11 heavy (non-hydrogen) atoms. The van der Waals surface area contributed by atoms with Crippen molar-refractivity contribution in [2.24, 2.45) is 0 Å². The summed E-state index contributed by atoms with van der Waals surface area (Å²) in [5.74, 6) is 0. The van der Waals surface area contributed by atoms with Crippen molar-refractivity contribution in [1.29, 1.82) is 0 Å². The molecule has 0 unspecified atom stereocenters. The highest BCUT2D eigenvalue weighted by atomic mass is 19.4. The molecule has 0 aliphatic rings. The van der Waals surface area contributed by atoms with Crippen LogP contribution in [0.15, 0.2) is 12.2 Å². The maximum atomic E-state index is 11.5. The molecule has 0 rings (SSSR count). The zero-order valence-corrected chi connectivity index (χ0v) is 6.46. The number of hydrogen-bond donors (Lipinski definition) is 1. The largest absolute Gasteiger partial charge is 0.401 e. The van der Waals surface area contributed by atoms with Gasteiger partial charge in [0.15, 0.2) is 0 Å². The van der Waals surface area contributed by atoms with E-state index in [4.69, 9.17) is 0 Å². The summed E-state index contributed by atoms with van der Waals surface area (Å²) in [6.45, 7) is 4.78. The minimum Gasteiger partial charge on any atom is -0.308 e. The molecule has 0 atom stereocenters. The van der Waals surface area contributed by atoms with E-state index in [1.54, 1.807) is 6.92 Å². The van der Waals surface area contributed by atoms with Crippen molar-refractivity contribution in [3.8, 4) is 0 Å². The summed E-state index contributed by atoms with van der Waals surface area (Å²) in [7, 11) is 0. The molecular formula is C7H12F3N. The van der Waals surface area contributed by atoms with Crippen LogP contribution >= 0.6 is 0 Å². The van der Waals surface area contributed by atoms with Gasteiger partial charge < -0.3 is 5.32 Å². The quantitative estimate of drug-likeness (QED) is 0.499. The first-order chi connectivity index (χ1) is 4.92. The van der Waals surface area contributed by atoms with E-state index in [-0.39, 0.29) is 0 Å². The third kappa shape index (κ3) is 9.49. The van der Waals surface area contributed by atoms with E-state index in [9.17, 15) is 13.2 Å². The lowest BCUT2D eigenvalue weighted by Gasteiger charge is -2.07. The van der Waals surface area contributed by atoms with E-state index in [0.717, 1.165) is 5.57 Å². The van der Waals surface area contributed by atoms with E-state index in [0.29, 0.717) is 13.0 Å². The smallest absolute Gasteiger partial charge is 0.308 e. The molecule has 0 fully saturated rings. The van der Waals surface area contributed by atoms with Gasteiger partial charge in [-0.05, 0) is 19.9 Å². The second kappa shape index (κ2) is 4.38. The molecule has 66 valence electrons. The second-order valence-electron chi connectivity index (χ2n) is 2.50. The average Bonchev–Trinajstić information content (AvgIpc) is 1.78. The van der Waals surface area contributed by atoms with Gasteiger partial charge in [0.05, 0.1) is 6.54 Å². The second-order valence-corrected chi connectivity index (χ2v) is 2.50. The first-order valence-electron chi connectivity index (χ1n) is 3.33. The van der Waals surface area contributed by atoms with Crippen molar-refractivity contribution in [1.82, 2.24) is 5.32 Å². The Labute approximate surface area is 64.3 Å². The minimum absolute atomic E-state index is 0.342. The zero-order chi connectivity index (χ0) is 8.91. The predicted molar refractivity (Wildman–Crippen MR) is 38.4 cm³/mol. The average molecular weight is 167 g/mol. The van der Waals surface area contributed by atoms with Crippen LogP contribution in [-0.4, -0.2) is 19.3 Å². The lowest BCUT2D eigenvalue weighted by atomic mass is 10.2. The molecule has 0 aliphatic heterocycles. The first kappa shape index (κ1) is 10.5. The summed E-state index contributed by atoms with van der Waals surface area (Å²) >= 11 is 0. The summed E-state index contributed by atoms with van der Waals surface area (Å²) in [6.07, 6.45) is -3.51. The molecule has 0 amide bonds. The number of alkyl halides is 3. The zero-order valence-electron chi connectivity index (χ0n) is 6.46. The van der Waals surface area contributed by atoms with Crippen LogP contribution in [0.3, 0.4) is 0 Å². The highest BCUT2D eigenvalue weighted by molar-refractivity contribution is 4.88. The van der Waals surface area contributed by atoms with Gasteiger partial charge >= 0.3 is 6.18 Å². The van der Waals surface area contributed by atoms with E-state index in [1.165, 1.54) is 0 Å². The van der Waals surface area contributed by atoms with E-state index < -0.39 is 12.7 Å². The first-order valence-corrected chi connectivity index (χ1v) is 3.33. The van der Waals surface area contributed by atoms with Gasteiger partial charge in [0, 0.05) is 0 Å². The van der Waals surface area contributed by atoms with Crippen LogP contribution < -0.4 is 5.32 Å². The maximum absolute atomic E-state index is 11.5. The molecule has 1 nitrogen and oxygen atoms in total. The van der Waals surface area contributed by atoms with E-state index in [2.05, 4.69) is 11.9 Å². The van der Waals surface area contributed by atoms with Gasteiger partial charge in [0.2, 0.25) is 0 Å². The van der Waals surface area contributed by atoms with Gasteiger partial charge in [0.1, 0.15) is 0 Å². The highest BCUT2D eigenvalue weighted by Gasteiger charge is 2.25. The van der Waals surface area contributed by atoms with Crippen LogP contribution in [0.2, 0.25) is 0 Å². The van der Waals surface area contributed by atoms with E-state index in [1.807, 2.05) is 0 Å². The highest BCUT2D eigenvalue weighted by Crippen LogP contribution is 2.12. The standard InChI is InChI=1S/C7H12F3N/c1-6(2)3-4-11-5-7(8,9)10/h11H,1,3-5H2,2H3. The molecule has 0 aromatic heterocycles. The van der Waals surface area contributed by atoms with Crippen molar-refractivity contribution in [3.63, 3.8) is 0 Å². The van der Waals surface area contributed by atoms with Crippen molar-refractivity contribution in [2.45, 2.75) is 19.5 Å². The summed E-state index contributed by atoms with van der Waals surface area (Å²) in [5.41, 5.74) is 0.889. The Morgan fingerprint density at radius 3 is 2.36 bits per heavy atom. The molecule has 0 saturated heterocycles. The third-order valence-electron chi connectivity index (χ3n) is 1.05. The van der Waals surface area contributed by atoms with Gasteiger partial charge in [-0.25, -0.2) is 0 Å². The monoisotopic (exact) mass is 167 g/mol. The molecular weight excluding hydrogens is 155 g/mol. The topological polar surface area (TPSA) is 12.0 Å². The van der Waals surface area contributed by atoms with Crippen LogP contribution in [0.5, 0.6) is 0 Å². The summed E-state index contributed by atoms with van der Waals surface area (Å²) in [6, 6.07) is 0. The molecule has 1 N–H and O–H groups in total. The number of rotatable bonds is 4. The SMILES string of the molecule is C=C(C)CCNCC(F)(F)F. The number of halogens is 3. The Balaban J connectivity index is 3.22. The fraction of sp³-hybridized carbons (Fsp3) is 0.714. The van der Waals surface area contributed by atoms with Gasteiger partial charge in [-0.15, -0.1) is 6.58 Å². The fourth-order valence-corrected chi connectivity index (χ4v) is 0.532. The Morgan fingerprint density at radius 1 is 1.45 bits per heavy atom. The Hall–Kier alpha value is -0.510. The normalized spacial score (nSPS) is 11.6. The van der Waals surface area contributed by atoms with Crippen LogP contribution in [0.4, 0.5) is 13.2 Å². The third-order valence-corrected chi connectivity index (χ3v) is 1.05. The predicted octanol–water partition coefficient (Wildman–Crippen LogP) is 2.10. The molecule has 0 aromatic carbocycles. The van der Waals surface area contributed by atoms with Crippen molar-refractivity contribution < 1.29 is 13.2 Å². The maximum Gasteiger partial charge on any atom is 0.401 e. The Kier molecular flexibility index (Phi) is 4.18. The van der Waals surface area contributed by atoms with Gasteiger partial charge in [-0.1, -0.05) is 5.57 Å². The lowest BCUT2D eigenvalue weighted by molar-refractivity contribution is -0.124. The molecule has 0 radical (unpaired) electrons. The fourth-order valence-electron chi connectivity index (χ4n) is 0.532. The molecule has 0 heterocycles. The molecule has 0 aromatic rings. The Bertz CT molecular complexity index is 128. The molecule has 0 aliphatic carbocycles. The lowest BCUT2D eigenvalue weighted by Crippen LogP contribution is -2.29. The van der Waals surface area contributed by atoms with Crippen molar-refractivity contribution >= 4 is 0 Å². The van der Waals surface area contributed by atoms with Crippen LogP contribution in [-0.2, 0) is 0 Å². The van der Waals surface area contributed by atoms with Crippen molar-refractivity contribution in [2.75, 3.05) is 13.1 Å². The van der Waals surface area contributed by atoms with Crippen LogP contribution in [0.25, 0.3) is 0 Å². The summed E-state index contributed by atoms with van der Waals surface area (Å²) < 4.78 is 34.5. The summed E-state index contributed by atoms with van der Waals surface area (Å²) in [5, 5.41) is 2.27. The number of nitrogens with one attached hydrogen (secondary N) is 1. The van der Waals surface area contributed by atoms with Crippen LogP contribution in [0, 0.1) is 0 Å². The van der Waals surface area contributed by atoms with Gasteiger partial charge in [-0.3, -0.25) is 0 Å². The molecule has 0 spiro atoms. The number of hydrogen-bond acceptors (Lipinski definition) is 1. The molecule has 0 bridgehead atoms. The van der Waals surface area contributed by atoms with Gasteiger partial charge in [0.25, 0.3) is 0 Å². The van der Waals surface area contributed by atoms with Gasteiger partial charge in [-0.2, -0.15) is 13.2 Å². The minimum atomic E-state index is -4.10. The van der Waals surface area contributed by atoms with Crippen molar-refractivity contribution in [3.05, 3.63) is 12.2 Å². The molecule has 0 saturated carbocycles.